The van der Waals surface area contributed by atoms with E-state index in [1.807, 2.05) is 13.8 Å². The number of hydrogen-bond donors (Lipinski definition) is 2. The quantitative estimate of drug-likeness (QED) is 0.800. The Balaban J connectivity index is 2.13. The van der Waals surface area contributed by atoms with Crippen molar-refractivity contribution < 1.29 is 13.2 Å². The number of nitrogen functional groups attached to an aromatic ring is 1. The Bertz CT molecular complexity index is 549. The van der Waals surface area contributed by atoms with Gasteiger partial charge in [0.15, 0.2) is 5.82 Å². The Morgan fingerprint density at radius 2 is 2.40 bits per heavy atom. The van der Waals surface area contributed by atoms with E-state index >= 15 is 0 Å². The van der Waals surface area contributed by atoms with E-state index in [-0.39, 0.29) is 22.7 Å². The average molecular weight is 302 g/mol. The Labute approximate surface area is 119 Å². The molecule has 0 radical (unpaired) electrons. The largest absolute Gasteiger partial charge is 0.381 e. The molecular weight excluding hydrogens is 280 g/mol. The van der Waals surface area contributed by atoms with Gasteiger partial charge in [-0.2, -0.15) is 5.10 Å². The molecule has 1 aliphatic rings. The van der Waals surface area contributed by atoms with Crippen LogP contribution in [-0.4, -0.2) is 37.5 Å². The second-order valence-electron chi connectivity index (χ2n) is 5.18. The number of rotatable bonds is 6. The van der Waals surface area contributed by atoms with Gasteiger partial charge in [-0.15, -0.1) is 0 Å². The highest BCUT2D eigenvalue weighted by molar-refractivity contribution is 7.89. The first kappa shape index (κ1) is 15.3. The second-order valence-corrected chi connectivity index (χ2v) is 6.86. The summed E-state index contributed by atoms with van der Waals surface area (Å²) in [4.78, 5) is 0.0525. The molecule has 2 unspecified atom stereocenters. The van der Waals surface area contributed by atoms with Gasteiger partial charge in [0.25, 0.3) is 0 Å². The fourth-order valence-electron chi connectivity index (χ4n) is 2.32. The number of sulfonamides is 1. The monoisotopic (exact) mass is 302 g/mol. The molecule has 2 atom stereocenters. The van der Waals surface area contributed by atoms with Gasteiger partial charge in [-0.05, 0) is 19.8 Å². The Kier molecular flexibility index (Phi) is 4.66. The van der Waals surface area contributed by atoms with Crippen LogP contribution >= 0.6 is 0 Å². The molecule has 1 saturated heterocycles. The number of nitrogens with one attached hydrogen (secondary N) is 1. The third kappa shape index (κ3) is 3.31. The summed E-state index contributed by atoms with van der Waals surface area (Å²) in [5, 5.41) is 4.02. The molecule has 2 heterocycles. The molecule has 0 bridgehead atoms. The molecule has 8 heteroatoms. The van der Waals surface area contributed by atoms with Crippen LogP contribution in [0.4, 0.5) is 5.82 Å². The lowest BCUT2D eigenvalue weighted by atomic mass is 10.0. The smallest absolute Gasteiger partial charge is 0.246 e. The van der Waals surface area contributed by atoms with Crippen LogP contribution in [-0.2, 0) is 21.3 Å². The van der Waals surface area contributed by atoms with Crippen molar-refractivity contribution in [1.29, 1.82) is 0 Å². The van der Waals surface area contributed by atoms with Crippen LogP contribution in [0.25, 0.3) is 0 Å². The first-order chi connectivity index (χ1) is 9.44. The summed E-state index contributed by atoms with van der Waals surface area (Å²) in [6, 6.07) is -0.184. The number of ether oxygens (including phenoxy) is 1. The maximum Gasteiger partial charge on any atom is 0.246 e. The van der Waals surface area contributed by atoms with Gasteiger partial charge in [0.2, 0.25) is 10.0 Å². The minimum absolute atomic E-state index is 0.0424. The third-order valence-corrected chi connectivity index (χ3v) is 5.09. The van der Waals surface area contributed by atoms with Gasteiger partial charge in [0, 0.05) is 31.3 Å². The summed E-state index contributed by atoms with van der Waals surface area (Å²) in [7, 11) is -3.64. The van der Waals surface area contributed by atoms with Crippen LogP contribution in [0.2, 0.25) is 0 Å². The molecular formula is C12H22N4O3S. The fourth-order valence-corrected chi connectivity index (χ4v) is 3.71. The molecule has 1 fully saturated rings. The molecule has 0 aromatic carbocycles. The Morgan fingerprint density at radius 3 is 3.00 bits per heavy atom. The van der Waals surface area contributed by atoms with Crippen LogP contribution in [0.15, 0.2) is 11.1 Å². The number of nitrogens with two attached hydrogens (primary N) is 1. The second kappa shape index (κ2) is 6.11. The number of aromatic nitrogens is 2. The minimum Gasteiger partial charge on any atom is -0.381 e. The number of nitrogens with zero attached hydrogens (tertiary/aromatic N) is 2. The number of anilines is 1. The summed E-state index contributed by atoms with van der Waals surface area (Å²) in [6.07, 6.45) is 3.22. The molecule has 1 aromatic heterocycles. The average Bonchev–Trinajstić information content (AvgIpc) is 2.98. The lowest BCUT2D eigenvalue weighted by Crippen LogP contribution is -2.38. The molecule has 3 N–H and O–H groups in total. The summed E-state index contributed by atoms with van der Waals surface area (Å²) in [5.41, 5.74) is 5.71. The predicted octanol–water partition coefficient (Wildman–Crippen LogP) is 0.579. The zero-order valence-corrected chi connectivity index (χ0v) is 12.7. The van der Waals surface area contributed by atoms with Gasteiger partial charge in [-0.3, -0.25) is 4.68 Å². The zero-order chi connectivity index (χ0) is 14.8. The van der Waals surface area contributed by atoms with Gasteiger partial charge >= 0.3 is 0 Å². The molecule has 0 saturated carbocycles. The van der Waals surface area contributed by atoms with Crippen LogP contribution in [0.3, 0.4) is 0 Å². The summed E-state index contributed by atoms with van der Waals surface area (Å²) in [5.74, 6) is 0.248. The third-order valence-electron chi connectivity index (χ3n) is 3.51. The minimum atomic E-state index is -3.64. The molecule has 1 aromatic rings. The summed E-state index contributed by atoms with van der Waals surface area (Å²) < 4.78 is 34.2. The highest BCUT2D eigenvalue weighted by atomic mass is 32.2. The molecule has 1 aliphatic heterocycles. The first-order valence-corrected chi connectivity index (χ1v) is 8.35. The number of aryl methyl sites for hydroxylation is 1. The maximum atomic E-state index is 12.4. The summed E-state index contributed by atoms with van der Waals surface area (Å²) >= 11 is 0. The van der Waals surface area contributed by atoms with Crippen molar-refractivity contribution >= 4 is 15.8 Å². The van der Waals surface area contributed by atoms with Crippen molar-refractivity contribution in [3.8, 4) is 0 Å². The van der Waals surface area contributed by atoms with E-state index in [0.717, 1.165) is 12.8 Å². The van der Waals surface area contributed by atoms with E-state index in [0.29, 0.717) is 19.8 Å². The summed E-state index contributed by atoms with van der Waals surface area (Å²) in [6.45, 7) is 5.77. The lowest BCUT2D eigenvalue weighted by Gasteiger charge is -2.18. The van der Waals surface area contributed by atoms with E-state index in [1.165, 1.54) is 6.20 Å². The molecule has 0 aliphatic carbocycles. The molecule has 114 valence electrons. The van der Waals surface area contributed by atoms with Crippen molar-refractivity contribution in [3.05, 3.63) is 6.20 Å². The Morgan fingerprint density at radius 1 is 1.65 bits per heavy atom. The van der Waals surface area contributed by atoms with Crippen molar-refractivity contribution in [1.82, 2.24) is 14.5 Å². The van der Waals surface area contributed by atoms with E-state index in [2.05, 4.69) is 9.82 Å². The maximum absolute atomic E-state index is 12.4. The molecule has 2 rings (SSSR count). The van der Waals surface area contributed by atoms with Gasteiger partial charge in [0.05, 0.1) is 6.61 Å². The highest BCUT2D eigenvalue weighted by Gasteiger charge is 2.28. The van der Waals surface area contributed by atoms with Crippen molar-refractivity contribution in [2.45, 2.75) is 44.2 Å². The van der Waals surface area contributed by atoms with Gasteiger partial charge in [-0.1, -0.05) is 6.92 Å². The van der Waals surface area contributed by atoms with E-state index in [4.69, 9.17) is 10.5 Å². The van der Waals surface area contributed by atoms with E-state index in [1.54, 1.807) is 4.68 Å². The van der Waals surface area contributed by atoms with Crippen LogP contribution in [0.1, 0.15) is 26.7 Å². The molecule has 7 nitrogen and oxygen atoms in total. The van der Waals surface area contributed by atoms with E-state index in [9.17, 15) is 8.42 Å². The fraction of sp³-hybridized carbons (Fsp3) is 0.750. The van der Waals surface area contributed by atoms with Gasteiger partial charge in [0.1, 0.15) is 4.90 Å². The zero-order valence-electron chi connectivity index (χ0n) is 11.9. The lowest BCUT2D eigenvalue weighted by molar-refractivity contribution is 0.180. The van der Waals surface area contributed by atoms with Crippen LogP contribution < -0.4 is 10.5 Å². The van der Waals surface area contributed by atoms with E-state index < -0.39 is 10.0 Å². The molecule has 0 amide bonds. The van der Waals surface area contributed by atoms with Crippen molar-refractivity contribution in [3.63, 3.8) is 0 Å². The topological polar surface area (TPSA) is 99.2 Å². The van der Waals surface area contributed by atoms with Crippen LogP contribution in [0, 0.1) is 5.92 Å². The van der Waals surface area contributed by atoms with Gasteiger partial charge in [-0.25, -0.2) is 13.1 Å². The SMILES string of the molecule is CCCn1cc(S(=O)(=O)NC(C)C2CCOC2)c(N)n1. The molecule has 0 spiro atoms. The van der Waals surface area contributed by atoms with Crippen molar-refractivity contribution in [2.24, 2.45) is 5.92 Å². The first-order valence-electron chi connectivity index (χ1n) is 6.87. The van der Waals surface area contributed by atoms with Crippen LogP contribution in [0.5, 0.6) is 0 Å². The van der Waals surface area contributed by atoms with Gasteiger partial charge < -0.3 is 10.5 Å². The standard InChI is InChI=1S/C12H22N4O3S/c1-3-5-16-7-11(12(13)14-16)20(17,18)15-9(2)10-4-6-19-8-10/h7,9-10,15H,3-6,8H2,1-2H3,(H2,13,14). The normalized spacial score (nSPS) is 21.2. The Hall–Kier alpha value is -1.12. The number of hydrogen-bond acceptors (Lipinski definition) is 5. The predicted molar refractivity (Wildman–Crippen MR) is 75.6 cm³/mol. The molecule has 20 heavy (non-hydrogen) atoms. The highest BCUT2D eigenvalue weighted by Crippen LogP contribution is 2.21. The van der Waals surface area contributed by atoms with Crippen molar-refractivity contribution in [2.75, 3.05) is 18.9 Å².